The molecular formula is C21H21ClFN3O3. The van der Waals surface area contributed by atoms with Crippen molar-refractivity contribution in [2.75, 3.05) is 11.9 Å². The molecule has 1 fully saturated rings. The zero-order valence-electron chi connectivity index (χ0n) is 15.9. The van der Waals surface area contributed by atoms with Gasteiger partial charge in [-0.25, -0.2) is 9.18 Å². The fourth-order valence-electron chi connectivity index (χ4n) is 3.33. The van der Waals surface area contributed by atoms with Crippen LogP contribution in [0.5, 0.6) is 0 Å². The van der Waals surface area contributed by atoms with E-state index in [2.05, 4.69) is 10.6 Å². The Bertz CT molecular complexity index is 918. The number of rotatable bonds is 7. The molecule has 2 aromatic carbocycles. The molecule has 0 saturated carbocycles. The first-order valence-electron chi connectivity index (χ1n) is 9.31. The van der Waals surface area contributed by atoms with Gasteiger partial charge in [0.15, 0.2) is 0 Å². The Labute approximate surface area is 173 Å². The monoisotopic (exact) mass is 417 g/mol. The lowest BCUT2D eigenvalue weighted by Gasteiger charge is -2.27. The molecule has 152 valence electrons. The minimum absolute atomic E-state index is 0.356. The number of benzene rings is 2. The molecule has 1 saturated heterocycles. The summed E-state index contributed by atoms with van der Waals surface area (Å²) in [4.78, 5) is 39.0. The lowest BCUT2D eigenvalue weighted by atomic mass is 9.85. The maximum absolute atomic E-state index is 13.4. The van der Waals surface area contributed by atoms with Crippen molar-refractivity contribution in [3.05, 3.63) is 64.9 Å². The number of anilines is 1. The highest BCUT2D eigenvalue weighted by molar-refractivity contribution is 6.30. The Morgan fingerprint density at radius 2 is 1.79 bits per heavy atom. The fourth-order valence-corrected chi connectivity index (χ4v) is 3.46. The van der Waals surface area contributed by atoms with E-state index in [0.717, 1.165) is 11.3 Å². The lowest BCUT2D eigenvalue weighted by molar-refractivity contribution is -0.134. The molecule has 29 heavy (non-hydrogen) atoms. The van der Waals surface area contributed by atoms with Crippen molar-refractivity contribution in [1.82, 2.24) is 10.2 Å². The van der Waals surface area contributed by atoms with Gasteiger partial charge in [-0.1, -0.05) is 43.5 Å². The Hall–Kier alpha value is -2.93. The number of imide groups is 1. The van der Waals surface area contributed by atoms with Crippen LogP contribution in [-0.4, -0.2) is 29.3 Å². The van der Waals surface area contributed by atoms with Gasteiger partial charge in [-0.3, -0.25) is 14.5 Å². The van der Waals surface area contributed by atoms with E-state index in [1.807, 2.05) is 6.92 Å². The predicted molar refractivity (Wildman–Crippen MR) is 108 cm³/mol. The molecule has 1 atom stereocenters. The van der Waals surface area contributed by atoms with Gasteiger partial charge in [0.05, 0.1) is 0 Å². The van der Waals surface area contributed by atoms with Crippen LogP contribution in [0.4, 0.5) is 14.9 Å². The number of carbonyl (C=O) groups is 3. The summed E-state index contributed by atoms with van der Waals surface area (Å²) in [6.45, 7) is 1.54. The molecule has 2 aromatic rings. The van der Waals surface area contributed by atoms with Gasteiger partial charge < -0.3 is 10.6 Å². The topological polar surface area (TPSA) is 78.5 Å². The summed E-state index contributed by atoms with van der Waals surface area (Å²) in [5.41, 5.74) is -0.310. The molecule has 1 aliphatic heterocycles. The first kappa shape index (κ1) is 20.8. The van der Waals surface area contributed by atoms with Crippen molar-refractivity contribution < 1.29 is 18.8 Å². The molecule has 2 N–H and O–H groups in total. The average molecular weight is 418 g/mol. The standard InChI is InChI=1S/C21H21ClFN3O3/c1-2-3-12-21(14-4-8-16(23)9-5-14)19(28)26(20(29)25-21)13-18(27)24-17-10-6-15(22)7-11-17/h4-11H,2-3,12-13H2,1H3,(H,24,27)(H,25,29)/t21-/m1/s1. The minimum atomic E-state index is -1.30. The second-order valence-corrected chi connectivity index (χ2v) is 7.33. The number of amides is 4. The van der Waals surface area contributed by atoms with Gasteiger partial charge in [0, 0.05) is 10.7 Å². The molecule has 0 unspecified atom stereocenters. The van der Waals surface area contributed by atoms with E-state index in [4.69, 9.17) is 11.6 Å². The van der Waals surface area contributed by atoms with E-state index in [-0.39, 0.29) is 0 Å². The van der Waals surface area contributed by atoms with Gasteiger partial charge >= 0.3 is 6.03 Å². The Morgan fingerprint density at radius 1 is 1.14 bits per heavy atom. The van der Waals surface area contributed by atoms with E-state index in [0.29, 0.717) is 29.1 Å². The van der Waals surface area contributed by atoms with E-state index in [1.165, 1.54) is 24.3 Å². The second kappa shape index (κ2) is 8.61. The highest BCUT2D eigenvalue weighted by Crippen LogP contribution is 2.34. The van der Waals surface area contributed by atoms with Crippen molar-refractivity contribution in [1.29, 1.82) is 0 Å². The Kier molecular flexibility index (Phi) is 6.17. The number of nitrogens with zero attached hydrogens (tertiary/aromatic N) is 1. The lowest BCUT2D eigenvalue weighted by Crippen LogP contribution is -2.44. The van der Waals surface area contributed by atoms with Crippen LogP contribution in [0.15, 0.2) is 48.5 Å². The molecule has 1 aliphatic rings. The number of unbranched alkanes of at least 4 members (excludes halogenated alkanes) is 1. The summed E-state index contributed by atoms with van der Waals surface area (Å²) in [6, 6.07) is 11.3. The van der Waals surface area contributed by atoms with Gasteiger partial charge in [0.1, 0.15) is 17.9 Å². The minimum Gasteiger partial charge on any atom is -0.325 e. The summed E-state index contributed by atoms with van der Waals surface area (Å²) >= 11 is 5.82. The molecule has 0 spiro atoms. The summed E-state index contributed by atoms with van der Waals surface area (Å²) in [6.07, 6.45) is 1.84. The van der Waals surface area contributed by atoms with Gasteiger partial charge in [0.2, 0.25) is 5.91 Å². The number of hydrogen-bond acceptors (Lipinski definition) is 3. The van der Waals surface area contributed by atoms with Crippen LogP contribution in [0.25, 0.3) is 0 Å². The molecule has 1 heterocycles. The maximum Gasteiger partial charge on any atom is 0.325 e. The van der Waals surface area contributed by atoms with Gasteiger partial charge in [-0.15, -0.1) is 0 Å². The van der Waals surface area contributed by atoms with Crippen molar-refractivity contribution in [2.24, 2.45) is 0 Å². The average Bonchev–Trinajstić information content (AvgIpc) is 2.94. The van der Waals surface area contributed by atoms with E-state index in [1.54, 1.807) is 24.3 Å². The zero-order valence-corrected chi connectivity index (χ0v) is 16.6. The quantitative estimate of drug-likeness (QED) is 0.667. The van der Waals surface area contributed by atoms with Crippen LogP contribution in [0.3, 0.4) is 0 Å². The van der Waals surface area contributed by atoms with Crippen LogP contribution in [0.1, 0.15) is 31.7 Å². The van der Waals surface area contributed by atoms with Crippen molar-refractivity contribution in [2.45, 2.75) is 31.7 Å². The van der Waals surface area contributed by atoms with Gasteiger partial charge in [0.25, 0.3) is 5.91 Å². The molecule has 0 aliphatic carbocycles. The van der Waals surface area contributed by atoms with Crippen LogP contribution in [0.2, 0.25) is 5.02 Å². The number of nitrogens with one attached hydrogen (secondary N) is 2. The molecule has 8 heteroatoms. The van der Waals surface area contributed by atoms with Crippen molar-refractivity contribution in [3.63, 3.8) is 0 Å². The van der Waals surface area contributed by atoms with E-state index in [9.17, 15) is 18.8 Å². The molecule has 6 nitrogen and oxygen atoms in total. The second-order valence-electron chi connectivity index (χ2n) is 6.89. The van der Waals surface area contributed by atoms with Crippen molar-refractivity contribution in [3.8, 4) is 0 Å². The van der Waals surface area contributed by atoms with E-state index >= 15 is 0 Å². The Balaban J connectivity index is 1.80. The van der Waals surface area contributed by atoms with Crippen LogP contribution in [0, 0.1) is 5.82 Å². The normalized spacial score (nSPS) is 18.7. The van der Waals surface area contributed by atoms with Crippen LogP contribution in [-0.2, 0) is 15.1 Å². The molecule has 4 amide bonds. The number of halogens is 2. The summed E-state index contributed by atoms with van der Waals surface area (Å²) in [7, 11) is 0. The predicted octanol–water partition coefficient (Wildman–Crippen LogP) is 4.06. The number of hydrogen-bond donors (Lipinski definition) is 2. The third-order valence-electron chi connectivity index (χ3n) is 4.85. The third-order valence-corrected chi connectivity index (χ3v) is 5.10. The highest BCUT2D eigenvalue weighted by atomic mass is 35.5. The Morgan fingerprint density at radius 3 is 2.41 bits per heavy atom. The van der Waals surface area contributed by atoms with Gasteiger partial charge in [-0.05, 0) is 48.4 Å². The summed E-state index contributed by atoms with van der Waals surface area (Å²) in [5.74, 6) is -1.47. The SMILES string of the molecule is CCCC[C@]1(c2ccc(F)cc2)NC(=O)N(CC(=O)Nc2ccc(Cl)cc2)C1=O. The first-order valence-corrected chi connectivity index (χ1v) is 9.69. The first-order chi connectivity index (χ1) is 13.9. The zero-order chi connectivity index (χ0) is 21.0. The number of urea groups is 1. The third kappa shape index (κ3) is 4.40. The maximum atomic E-state index is 13.4. The van der Waals surface area contributed by atoms with Gasteiger partial charge in [-0.2, -0.15) is 0 Å². The summed E-state index contributed by atoms with van der Waals surface area (Å²) < 4.78 is 13.4. The molecule has 0 radical (unpaired) electrons. The van der Waals surface area contributed by atoms with E-state index < -0.39 is 35.7 Å². The summed E-state index contributed by atoms with van der Waals surface area (Å²) in [5, 5.41) is 5.89. The van der Waals surface area contributed by atoms with Crippen molar-refractivity contribution >= 4 is 35.1 Å². The molecular weight excluding hydrogens is 397 g/mol. The van der Waals surface area contributed by atoms with Crippen LogP contribution >= 0.6 is 11.6 Å². The largest absolute Gasteiger partial charge is 0.325 e. The number of carbonyl (C=O) groups excluding carboxylic acids is 3. The highest BCUT2D eigenvalue weighted by Gasteiger charge is 2.52. The van der Waals surface area contributed by atoms with Crippen LogP contribution < -0.4 is 10.6 Å². The molecule has 3 rings (SSSR count). The molecule has 0 aromatic heterocycles. The molecule has 0 bridgehead atoms. The fraction of sp³-hybridized carbons (Fsp3) is 0.286. The smallest absolute Gasteiger partial charge is 0.325 e.